The first-order valence-corrected chi connectivity index (χ1v) is 6.63. The maximum atomic E-state index is 3.50. The average molecular weight is 274 g/mol. The zero-order valence-corrected chi connectivity index (χ0v) is 11.1. The highest BCUT2D eigenvalue weighted by Gasteiger charge is 2.28. The summed E-state index contributed by atoms with van der Waals surface area (Å²) in [5.74, 6) is 0. The molecule has 0 atom stereocenters. The normalized spacial score (nSPS) is 21.6. The van der Waals surface area contributed by atoms with E-state index in [9.17, 15) is 0 Å². The maximum Gasteiger partial charge on any atom is 0.0701 e. The Morgan fingerprint density at radius 3 is 2.79 bits per heavy atom. The van der Waals surface area contributed by atoms with Crippen LogP contribution in [-0.2, 0) is 6.54 Å². The Kier molecular flexibility index (Phi) is 3.01. The van der Waals surface area contributed by atoms with Gasteiger partial charge in [0.15, 0.2) is 0 Å². The van der Waals surface area contributed by atoms with Crippen molar-refractivity contribution in [1.29, 1.82) is 0 Å². The van der Waals surface area contributed by atoms with Crippen molar-refractivity contribution in [3.05, 3.63) is 20.8 Å². The highest BCUT2D eigenvalue weighted by atomic mass is 79.9. The van der Waals surface area contributed by atoms with Gasteiger partial charge in [-0.3, -0.25) is 4.90 Å². The molecule has 0 bridgehead atoms. The van der Waals surface area contributed by atoms with E-state index in [4.69, 9.17) is 0 Å². The second-order valence-electron chi connectivity index (χ2n) is 4.83. The average Bonchev–Trinajstić information content (AvgIpc) is 2.59. The molecular weight excluding hydrogens is 258 g/mol. The van der Waals surface area contributed by atoms with Crippen molar-refractivity contribution in [3.63, 3.8) is 0 Å². The van der Waals surface area contributed by atoms with Crippen molar-refractivity contribution in [1.82, 2.24) is 4.90 Å². The molecule has 1 saturated heterocycles. The molecule has 78 valence electrons. The minimum Gasteiger partial charge on any atom is -0.298 e. The van der Waals surface area contributed by atoms with Crippen LogP contribution in [0, 0.1) is 5.41 Å². The number of hydrogen-bond acceptors (Lipinski definition) is 2. The fourth-order valence-electron chi connectivity index (χ4n) is 2.02. The van der Waals surface area contributed by atoms with Crippen LogP contribution in [-0.4, -0.2) is 18.0 Å². The van der Waals surface area contributed by atoms with E-state index in [1.54, 1.807) is 0 Å². The van der Waals surface area contributed by atoms with Gasteiger partial charge in [0, 0.05) is 18.0 Å². The third-order valence-electron chi connectivity index (χ3n) is 2.76. The Hall–Kier alpha value is 0.140. The molecule has 0 saturated carbocycles. The summed E-state index contributed by atoms with van der Waals surface area (Å²) in [4.78, 5) is 4.02. The lowest BCUT2D eigenvalue weighted by molar-refractivity contribution is 0.286. The van der Waals surface area contributed by atoms with Crippen LogP contribution in [0.5, 0.6) is 0 Å². The first kappa shape index (κ1) is 10.7. The Labute approximate surface area is 98.2 Å². The van der Waals surface area contributed by atoms with E-state index in [0.717, 1.165) is 6.54 Å². The molecular formula is C11H16BrNS. The second-order valence-corrected chi connectivity index (χ2v) is 7.38. The van der Waals surface area contributed by atoms with Crippen LogP contribution in [0.1, 0.15) is 25.1 Å². The summed E-state index contributed by atoms with van der Waals surface area (Å²) in [6, 6.07) is 4.36. The summed E-state index contributed by atoms with van der Waals surface area (Å²) in [6.07, 6.45) is 1.33. The van der Waals surface area contributed by atoms with Gasteiger partial charge in [-0.15, -0.1) is 11.3 Å². The summed E-state index contributed by atoms with van der Waals surface area (Å²) in [6.45, 7) is 8.33. The Bertz CT molecular complexity index is 319. The molecule has 2 heterocycles. The van der Waals surface area contributed by atoms with Crippen LogP contribution < -0.4 is 0 Å². The number of nitrogens with zero attached hydrogens (tertiary/aromatic N) is 1. The molecule has 14 heavy (non-hydrogen) atoms. The molecule has 1 aromatic rings. The lowest BCUT2D eigenvalue weighted by atomic mass is 9.93. The van der Waals surface area contributed by atoms with Crippen molar-refractivity contribution in [2.75, 3.05) is 13.1 Å². The van der Waals surface area contributed by atoms with E-state index in [1.165, 1.54) is 28.2 Å². The molecule has 2 rings (SSSR count). The van der Waals surface area contributed by atoms with Gasteiger partial charge in [-0.25, -0.2) is 0 Å². The molecule has 0 amide bonds. The van der Waals surface area contributed by atoms with Crippen LogP contribution in [0.3, 0.4) is 0 Å². The van der Waals surface area contributed by atoms with Crippen LogP contribution in [0.2, 0.25) is 0 Å². The zero-order chi connectivity index (χ0) is 10.2. The third kappa shape index (κ3) is 2.59. The molecule has 0 N–H and O–H groups in total. The van der Waals surface area contributed by atoms with Crippen LogP contribution >= 0.6 is 27.3 Å². The summed E-state index contributed by atoms with van der Waals surface area (Å²) in [7, 11) is 0. The fraction of sp³-hybridized carbons (Fsp3) is 0.636. The van der Waals surface area contributed by atoms with Crippen LogP contribution in [0.15, 0.2) is 15.9 Å². The highest BCUT2D eigenvalue weighted by Crippen LogP contribution is 2.31. The first-order chi connectivity index (χ1) is 6.55. The van der Waals surface area contributed by atoms with Crippen molar-refractivity contribution < 1.29 is 0 Å². The van der Waals surface area contributed by atoms with E-state index in [0.29, 0.717) is 5.41 Å². The SMILES string of the molecule is CC1(C)CCN(Cc2ccc(Br)s2)C1. The van der Waals surface area contributed by atoms with Gasteiger partial charge in [0.1, 0.15) is 0 Å². The zero-order valence-electron chi connectivity index (χ0n) is 8.72. The number of thiophene rings is 1. The molecule has 1 aliphatic heterocycles. The number of rotatable bonds is 2. The topological polar surface area (TPSA) is 3.24 Å². The van der Waals surface area contributed by atoms with E-state index in [1.807, 2.05) is 11.3 Å². The molecule has 0 aliphatic carbocycles. The van der Waals surface area contributed by atoms with Crippen molar-refractivity contribution >= 4 is 27.3 Å². The number of likely N-dealkylation sites (tertiary alicyclic amines) is 1. The minimum absolute atomic E-state index is 0.522. The molecule has 0 aromatic carbocycles. The largest absolute Gasteiger partial charge is 0.298 e. The summed E-state index contributed by atoms with van der Waals surface area (Å²) >= 11 is 5.35. The maximum absolute atomic E-state index is 3.50. The Morgan fingerprint density at radius 2 is 2.29 bits per heavy atom. The number of halogens is 1. The summed E-state index contributed by atoms with van der Waals surface area (Å²) in [5.41, 5.74) is 0.522. The molecule has 0 spiro atoms. The highest BCUT2D eigenvalue weighted by molar-refractivity contribution is 9.11. The molecule has 1 fully saturated rings. The molecule has 3 heteroatoms. The van der Waals surface area contributed by atoms with Gasteiger partial charge in [0.2, 0.25) is 0 Å². The predicted molar refractivity (Wildman–Crippen MR) is 65.7 cm³/mol. The lowest BCUT2D eigenvalue weighted by Gasteiger charge is -2.18. The van der Waals surface area contributed by atoms with E-state index in [-0.39, 0.29) is 0 Å². The quantitative estimate of drug-likeness (QED) is 0.794. The molecule has 1 aromatic heterocycles. The number of hydrogen-bond donors (Lipinski definition) is 0. The van der Waals surface area contributed by atoms with Crippen molar-refractivity contribution in [2.45, 2.75) is 26.8 Å². The first-order valence-electron chi connectivity index (χ1n) is 5.02. The Balaban J connectivity index is 1.94. The minimum atomic E-state index is 0.522. The van der Waals surface area contributed by atoms with Gasteiger partial charge in [-0.1, -0.05) is 13.8 Å². The van der Waals surface area contributed by atoms with E-state index < -0.39 is 0 Å². The molecule has 1 aliphatic rings. The monoisotopic (exact) mass is 273 g/mol. The molecule has 1 nitrogen and oxygen atoms in total. The van der Waals surface area contributed by atoms with E-state index in [2.05, 4.69) is 46.8 Å². The van der Waals surface area contributed by atoms with Gasteiger partial charge in [-0.05, 0) is 46.4 Å². The standard InChI is InChI=1S/C11H16BrNS/c1-11(2)5-6-13(8-11)7-9-3-4-10(12)14-9/h3-4H,5-8H2,1-2H3. The predicted octanol–water partition coefficient (Wildman–Crippen LogP) is 3.74. The van der Waals surface area contributed by atoms with Crippen LogP contribution in [0.4, 0.5) is 0 Å². The van der Waals surface area contributed by atoms with Gasteiger partial charge in [0.05, 0.1) is 3.79 Å². The van der Waals surface area contributed by atoms with Gasteiger partial charge in [-0.2, -0.15) is 0 Å². The smallest absolute Gasteiger partial charge is 0.0701 e. The van der Waals surface area contributed by atoms with Crippen molar-refractivity contribution in [3.8, 4) is 0 Å². The van der Waals surface area contributed by atoms with Gasteiger partial charge < -0.3 is 0 Å². The summed E-state index contributed by atoms with van der Waals surface area (Å²) < 4.78 is 1.24. The fourth-order valence-corrected chi connectivity index (χ4v) is 3.54. The third-order valence-corrected chi connectivity index (χ3v) is 4.37. The van der Waals surface area contributed by atoms with Gasteiger partial charge in [0.25, 0.3) is 0 Å². The second kappa shape index (κ2) is 3.95. The lowest BCUT2D eigenvalue weighted by Crippen LogP contribution is -2.22. The summed E-state index contributed by atoms with van der Waals surface area (Å²) in [5, 5.41) is 0. The van der Waals surface area contributed by atoms with Crippen molar-refractivity contribution in [2.24, 2.45) is 5.41 Å². The molecule has 0 unspecified atom stereocenters. The van der Waals surface area contributed by atoms with Crippen LogP contribution in [0.25, 0.3) is 0 Å². The van der Waals surface area contributed by atoms with E-state index >= 15 is 0 Å². The van der Waals surface area contributed by atoms with Gasteiger partial charge >= 0.3 is 0 Å². The molecule has 0 radical (unpaired) electrons. The Morgan fingerprint density at radius 1 is 1.50 bits per heavy atom.